The van der Waals surface area contributed by atoms with Crippen LogP contribution in [0.1, 0.15) is 55.9 Å². The number of aryl methyl sites for hydroxylation is 2. The number of nitrogens with zero attached hydrogens (tertiary/aromatic N) is 1. The van der Waals surface area contributed by atoms with E-state index in [1.165, 1.54) is 28.9 Å². The Balaban J connectivity index is 1.44. The van der Waals surface area contributed by atoms with Crippen LogP contribution in [0.4, 0.5) is 13.6 Å². The topological polar surface area (TPSA) is 76.1 Å². The predicted octanol–water partition coefficient (Wildman–Crippen LogP) is 5.86. The van der Waals surface area contributed by atoms with Crippen LogP contribution in [-0.4, -0.2) is 53.8 Å². The summed E-state index contributed by atoms with van der Waals surface area (Å²) in [4.78, 5) is 25.7. The summed E-state index contributed by atoms with van der Waals surface area (Å²) in [6, 6.07) is 13.0. The van der Waals surface area contributed by atoms with Crippen LogP contribution in [0.25, 0.3) is 0 Å². The average molecular weight is 524 g/mol. The molecule has 0 bridgehead atoms. The van der Waals surface area contributed by atoms with Crippen molar-refractivity contribution < 1.29 is 33.0 Å². The minimum absolute atomic E-state index is 0.0556. The number of amides is 1. The minimum atomic E-state index is -3.36. The van der Waals surface area contributed by atoms with Crippen molar-refractivity contribution in [3.8, 4) is 5.06 Å². The molecule has 0 radical (unpaired) electrons. The van der Waals surface area contributed by atoms with Crippen LogP contribution in [0.5, 0.6) is 5.06 Å². The van der Waals surface area contributed by atoms with Crippen molar-refractivity contribution in [2.45, 2.75) is 76.4 Å². The van der Waals surface area contributed by atoms with Crippen molar-refractivity contribution in [3.63, 3.8) is 0 Å². The number of hydrogen-bond acceptors (Lipinski definition) is 6. The molecule has 2 heterocycles. The highest BCUT2D eigenvalue weighted by molar-refractivity contribution is 7.13. The van der Waals surface area contributed by atoms with Crippen LogP contribution >= 0.6 is 11.3 Å². The molecule has 1 amide bonds. The Morgan fingerprint density at radius 1 is 1.17 bits per heavy atom. The van der Waals surface area contributed by atoms with Gasteiger partial charge in [-0.2, -0.15) is 8.78 Å². The summed E-state index contributed by atoms with van der Waals surface area (Å²) in [7, 11) is 1.22. The van der Waals surface area contributed by atoms with Crippen molar-refractivity contribution in [1.82, 2.24) is 4.90 Å². The van der Waals surface area contributed by atoms with Crippen molar-refractivity contribution >= 4 is 23.4 Å². The number of carbonyl (C=O) groups excluding carboxylic acids is 2. The Hall–Kier alpha value is -2.52. The molecule has 0 unspecified atom stereocenters. The summed E-state index contributed by atoms with van der Waals surface area (Å²) in [5.41, 5.74) is 1.26. The van der Waals surface area contributed by atoms with Gasteiger partial charge in [0, 0.05) is 23.9 Å². The van der Waals surface area contributed by atoms with Gasteiger partial charge in [0.15, 0.2) is 5.06 Å². The molecular weight excluding hydrogens is 488 g/mol. The van der Waals surface area contributed by atoms with E-state index >= 15 is 0 Å². The number of aliphatic hydroxyl groups excluding tert-OH is 1. The zero-order chi connectivity index (χ0) is 26.1. The zero-order valence-corrected chi connectivity index (χ0v) is 21.6. The molecular formula is C27H35F2NO5S. The lowest BCUT2D eigenvalue weighted by atomic mass is 9.92. The SMILES string of the molecule is COC(=O)Oc1ccc(CCCN2C(=O)C(F)(F)C[C@@H]2CC[C@@H](O)[C@@H](C)CCCc2ccccc2)s1. The fourth-order valence-electron chi connectivity index (χ4n) is 4.62. The highest BCUT2D eigenvalue weighted by Crippen LogP contribution is 2.36. The number of carbonyl (C=O) groups is 2. The van der Waals surface area contributed by atoms with Gasteiger partial charge in [-0.15, -0.1) is 11.3 Å². The number of benzene rings is 1. The molecule has 3 atom stereocenters. The fourth-order valence-corrected chi connectivity index (χ4v) is 5.51. The Morgan fingerprint density at radius 2 is 1.92 bits per heavy atom. The van der Waals surface area contributed by atoms with E-state index in [1.807, 2.05) is 25.1 Å². The second kappa shape index (κ2) is 13.1. The molecule has 1 fully saturated rings. The lowest BCUT2D eigenvalue weighted by molar-refractivity contribution is -0.148. The van der Waals surface area contributed by atoms with Gasteiger partial charge in [0.25, 0.3) is 5.91 Å². The van der Waals surface area contributed by atoms with Gasteiger partial charge in [-0.25, -0.2) is 4.79 Å². The summed E-state index contributed by atoms with van der Waals surface area (Å²) in [5, 5.41) is 11.0. The third kappa shape index (κ3) is 8.00. The second-order valence-corrected chi connectivity index (χ2v) is 10.6. The first-order chi connectivity index (χ1) is 17.2. The van der Waals surface area contributed by atoms with Gasteiger partial charge in [0.2, 0.25) is 0 Å². The Kier molecular flexibility index (Phi) is 10.2. The molecule has 0 spiro atoms. The molecule has 1 aromatic heterocycles. The molecule has 1 aromatic carbocycles. The van der Waals surface area contributed by atoms with E-state index < -0.39 is 36.6 Å². The molecule has 0 saturated carbocycles. The van der Waals surface area contributed by atoms with Gasteiger partial charge in [0.1, 0.15) is 0 Å². The third-order valence-electron chi connectivity index (χ3n) is 6.74. The number of ether oxygens (including phenoxy) is 2. The largest absolute Gasteiger partial charge is 0.514 e. The average Bonchev–Trinajstić information content (AvgIpc) is 3.39. The molecule has 2 aromatic rings. The predicted molar refractivity (Wildman–Crippen MR) is 135 cm³/mol. The van der Waals surface area contributed by atoms with E-state index in [4.69, 9.17) is 4.74 Å². The monoisotopic (exact) mass is 523 g/mol. The summed E-state index contributed by atoms with van der Waals surface area (Å²) in [6.07, 6.45) is 2.65. The third-order valence-corrected chi connectivity index (χ3v) is 7.76. The van der Waals surface area contributed by atoms with Crippen LogP contribution in [0.2, 0.25) is 0 Å². The summed E-state index contributed by atoms with van der Waals surface area (Å²) >= 11 is 1.28. The Morgan fingerprint density at radius 3 is 2.64 bits per heavy atom. The van der Waals surface area contributed by atoms with Crippen molar-refractivity contribution in [1.29, 1.82) is 0 Å². The maximum Gasteiger partial charge on any atom is 0.514 e. The first kappa shape index (κ1) is 28.1. The van der Waals surface area contributed by atoms with Gasteiger partial charge < -0.3 is 19.5 Å². The number of alkyl halides is 2. The normalized spacial score (nSPS) is 18.8. The van der Waals surface area contributed by atoms with E-state index in [2.05, 4.69) is 16.9 Å². The molecule has 1 aliphatic heterocycles. The van der Waals surface area contributed by atoms with E-state index in [0.717, 1.165) is 24.1 Å². The van der Waals surface area contributed by atoms with Gasteiger partial charge in [-0.05, 0) is 68.6 Å². The quantitative estimate of drug-likeness (QED) is 0.333. The summed E-state index contributed by atoms with van der Waals surface area (Å²) in [5.74, 6) is -4.43. The number of halogens is 2. The number of rotatable bonds is 13. The Labute approximate surface area is 215 Å². The summed E-state index contributed by atoms with van der Waals surface area (Å²) < 4.78 is 37.9. The first-order valence-corrected chi connectivity index (χ1v) is 13.3. The number of thiophene rings is 1. The van der Waals surface area contributed by atoms with Crippen LogP contribution in [0.3, 0.4) is 0 Å². The fraction of sp³-hybridized carbons (Fsp3) is 0.556. The highest BCUT2D eigenvalue weighted by Gasteiger charge is 2.52. The number of aliphatic hydroxyl groups is 1. The number of methoxy groups -OCH3 is 1. The second-order valence-electron chi connectivity index (χ2n) is 9.44. The van der Waals surface area contributed by atoms with E-state index in [9.17, 15) is 23.5 Å². The van der Waals surface area contributed by atoms with E-state index in [-0.39, 0.29) is 12.5 Å². The lowest BCUT2D eigenvalue weighted by Gasteiger charge is -2.26. The molecule has 0 aliphatic carbocycles. The lowest BCUT2D eigenvalue weighted by Crippen LogP contribution is -2.37. The van der Waals surface area contributed by atoms with Crippen LogP contribution < -0.4 is 4.74 Å². The van der Waals surface area contributed by atoms with Crippen molar-refractivity contribution in [2.75, 3.05) is 13.7 Å². The number of hydrogen-bond donors (Lipinski definition) is 1. The van der Waals surface area contributed by atoms with Crippen LogP contribution in [0, 0.1) is 5.92 Å². The maximum atomic E-state index is 14.2. The molecule has 9 heteroatoms. The Bertz CT molecular complexity index is 984. The zero-order valence-electron chi connectivity index (χ0n) is 20.8. The van der Waals surface area contributed by atoms with Gasteiger partial charge >= 0.3 is 12.1 Å². The van der Waals surface area contributed by atoms with Gasteiger partial charge in [-0.1, -0.05) is 37.3 Å². The first-order valence-electron chi connectivity index (χ1n) is 12.4. The van der Waals surface area contributed by atoms with Gasteiger partial charge in [0.05, 0.1) is 13.2 Å². The minimum Gasteiger partial charge on any atom is -0.437 e. The standard InChI is InChI=1S/C27H35F2NO5S/c1-19(8-6-11-20-9-4-3-5-10-20)23(31)15-13-21-18-27(28,29)25(32)30(21)17-7-12-22-14-16-24(36-22)35-26(33)34-2/h3-5,9-10,14,16,19,21,23,31H,6-8,11-13,15,17-18H2,1-2H3/t19-,21-,23+/m0/s1. The maximum absolute atomic E-state index is 14.2. The molecule has 198 valence electrons. The molecule has 1 saturated heterocycles. The summed E-state index contributed by atoms with van der Waals surface area (Å²) in [6.45, 7) is 2.20. The molecule has 36 heavy (non-hydrogen) atoms. The van der Waals surface area contributed by atoms with E-state index in [0.29, 0.717) is 30.7 Å². The molecule has 1 N–H and O–H groups in total. The molecule has 1 aliphatic rings. The van der Waals surface area contributed by atoms with E-state index in [1.54, 1.807) is 12.1 Å². The highest BCUT2D eigenvalue weighted by atomic mass is 32.1. The van der Waals surface area contributed by atoms with Crippen LogP contribution in [0.15, 0.2) is 42.5 Å². The molecule has 3 rings (SSSR count). The van der Waals surface area contributed by atoms with Crippen LogP contribution in [-0.2, 0) is 22.4 Å². The smallest absolute Gasteiger partial charge is 0.437 e. The van der Waals surface area contributed by atoms with Gasteiger partial charge in [-0.3, -0.25) is 4.79 Å². The van der Waals surface area contributed by atoms with Crippen molar-refractivity contribution in [2.24, 2.45) is 5.92 Å². The number of likely N-dealkylation sites (tertiary alicyclic amines) is 1. The molecule has 6 nitrogen and oxygen atoms in total. The van der Waals surface area contributed by atoms with Crippen molar-refractivity contribution in [3.05, 3.63) is 52.9 Å².